The first-order chi connectivity index (χ1) is 17.4. The Bertz CT molecular complexity index is 1500. The zero-order valence-corrected chi connectivity index (χ0v) is 20.1. The van der Waals surface area contributed by atoms with Gasteiger partial charge in [-0.3, -0.25) is 9.36 Å². The van der Waals surface area contributed by atoms with Crippen molar-refractivity contribution in [2.75, 3.05) is 0 Å². The number of carboxylic acid groups (broad SMARTS) is 1. The van der Waals surface area contributed by atoms with Crippen LogP contribution in [0.1, 0.15) is 11.6 Å². The maximum Gasteiger partial charge on any atom is 0.416 e. The summed E-state index contributed by atoms with van der Waals surface area (Å²) in [5.41, 5.74) is -0.356. The van der Waals surface area contributed by atoms with Crippen LogP contribution in [-0.2, 0) is 24.3 Å². The second-order valence-corrected chi connectivity index (χ2v) is 8.66. The minimum Gasteiger partial charge on any atom is -0.481 e. The molecule has 0 unspecified atom stereocenters. The molecule has 10 nitrogen and oxygen atoms in total. The first-order valence-electron chi connectivity index (χ1n) is 10.5. The highest BCUT2D eigenvalue weighted by molar-refractivity contribution is 6.32. The van der Waals surface area contributed by atoms with Crippen molar-refractivity contribution in [3.63, 3.8) is 0 Å². The van der Waals surface area contributed by atoms with Gasteiger partial charge in [-0.05, 0) is 36.4 Å². The molecule has 0 aliphatic rings. The third kappa shape index (κ3) is 5.84. The molecule has 4 rings (SSSR count). The Hall–Kier alpha value is -3.68. The predicted molar refractivity (Wildman–Crippen MR) is 126 cm³/mol. The molecule has 15 heteroatoms. The molecule has 0 spiro atoms. The second kappa shape index (κ2) is 10.4. The van der Waals surface area contributed by atoms with Crippen molar-refractivity contribution < 1.29 is 28.2 Å². The fourth-order valence-corrected chi connectivity index (χ4v) is 3.80. The fraction of sp³-hybridized carbons (Fsp3) is 0.227. The van der Waals surface area contributed by atoms with Gasteiger partial charge in [-0.2, -0.15) is 13.2 Å². The van der Waals surface area contributed by atoms with Gasteiger partial charge in [-0.1, -0.05) is 35.3 Å². The van der Waals surface area contributed by atoms with Crippen LogP contribution >= 0.6 is 23.2 Å². The van der Waals surface area contributed by atoms with E-state index in [0.29, 0.717) is 15.3 Å². The molecule has 2 heterocycles. The van der Waals surface area contributed by atoms with Crippen molar-refractivity contribution in [3.05, 3.63) is 80.7 Å². The SMILES string of the molecule is O=C(O)Cc1nc(Cn2nc(-c3ccc(Cl)cc3)n(C[C@H](O)C(F)(F)F)c2=O)nn1-c1ccccc1Cl. The number of carbonyl (C=O) groups is 1. The van der Waals surface area contributed by atoms with Crippen LogP contribution in [-0.4, -0.2) is 57.6 Å². The number of aliphatic hydroxyl groups excluding tert-OH is 1. The molecule has 0 aliphatic heterocycles. The van der Waals surface area contributed by atoms with E-state index in [1.165, 1.54) is 28.9 Å². The summed E-state index contributed by atoms with van der Waals surface area (Å²) in [5.74, 6) is -1.38. The quantitative estimate of drug-likeness (QED) is 0.341. The van der Waals surface area contributed by atoms with E-state index in [0.717, 1.165) is 4.68 Å². The van der Waals surface area contributed by atoms with Gasteiger partial charge in [-0.25, -0.2) is 19.1 Å². The maximum atomic E-state index is 13.1. The van der Waals surface area contributed by atoms with Crippen LogP contribution in [0.15, 0.2) is 53.3 Å². The average Bonchev–Trinajstić information content (AvgIpc) is 3.34. The fourth-order valence-electron chi connectivity index (χ4n) is 3.46. The standard InChI is InChI=1S/C22H17Cl2F3N6O4/c23-13-7-5-12(6-8-13)20-30-32(21(37)31(20)10-16(34)22(25,26)27)11-17-28-18(9-19(35)36)33(29-17)15-4-2-1-3-14(15)24/h1-8,16,34H,9-11H2,(H,35,36)/t16-/m0/s1. The van der Waals surface area contributed by atoms with Gasteiger partial charge in [0.05, 0.1) is 17.3 Å². The minimum absolute atomic E-state index is 0.00787. The van der Waals surface area contributed by atoms with E-state index in [9.17, 15) is 33.0 Å². The Balaban J connectivity index is 1.78. The number of benzene rings is 2. The maximum absolute atomic E-state index is 13.1. The van der Waals surface area contributed by atoms with Crippen LogP contribution < -0.4 is 5.69 Å². The molecule has 2 N–H and O–H groups in total. The number of aliphatic hydroxyl groups is 1. The minimum atomic E-state index is -4.97. The predicted octanol–water partition coefficient (Wildman–Crippen LogP) is 3.20. The van der Waals surface area contributed by atoms with E-state index in [1.54, 1.807) is 24.3 Å². The van der Waals surface area contributed by atoms with Gasteiger partial charge in [0.2, 0.25) is 0 Å². The molecule has 2 aromatic carbocycles. The van der Waals surface area contributed by atoms with Crippen molar-refractivity contribution in [1.29, 1.82) is 0 Å². The molecule has 1 atom stereocenters. The first kappa shape index (κ1) is 26.4. The highest BCUT2D eigenvalue weighted by Gasteiger charge is 2.39. The Kier molecular flexibility index (Phi) is 7.39. The van der Waals surface area contributed by atoms with Crippen LogP contribution in [0.3, 0.4) is 0 Å². The van der Waals surface area contributed by atoms with Crippen molar-refractivity contribution in [2.45, 2.75) is 31.8 Å². The summed E-state index contributed by atoms with van der Waals surface area (Å²) in [7, 11) is 0. The lowest BCUT2D eigenvalue weighted by molar-refractivity contribution is -0.207. The second-order valence-electron chi connectivity index (χ2n) is 7.82. The summed E-state index contributed by atoms with van der Waals surface area (Å²) in [4.78, 5) is 28.6. The normalized spacial score (nSPS) is 12.6. The van der Waals surface area contributed by atoms with E-state index in [-0.39, 0.29) is 28.1 Å². The Morgan fingerprint density at radius 3 is 2.35 bits per heavy atom. The number of carboxylic acids is 1. The van der Waals surface area contributed by atoms with E-state index >= 15 is 0 Å². The molecule has 2 aromatic heterocycles. The summed E-state index contributed by atoms with van der Waals surface area (Å²) in [6, 6.07) is 12.3. The van der Waals surface area contributed by atoms with Gasteiger partial charge >= 0.3 is 17.8 Å². The molecular formula is C22H17Cl2F3N6O4. The van der Waals surface area contributed by atoms with Gasteiger partial charge < -0.3 is 10.2 Å². The lowest BCUT2D eigenvalue weighted by Gasteiger charge is -2.15. The number of hydrogen-bond acceptors (Lipinski definition) is 6. The van der Waals surface area contributed by atoms with E-state index in [2.05, 4.69) is 15.2 Å². The zero-order chi connectivity index (χ0) is 26.9. The number of aromatic nitrogens is 6. The molecule has 0 saturated heterocycles. The lowest BCUT2D eigenvalue weighted by atomic mass is 10.2. The van der Waals surface area contributed by atoms with E-state index in [4.69, 9.17) is 23.2 Å². The molecule has 0 bridgehead atoms. The summed E-state index contributed by atoms with van der Waals surface area (Å²) in [5, 5.41) is 27.9. The molecule has 194 valence electrons. The lowest BCUT2D eigenvalue weighted by Crippen LogP contribution is -2.37. The summed E-state index contributed by atoms with van der Waals surface area (Å²) >= 11 is 12.1. The van der Waals surface area contributed by atoms with Crippen LogP contribution in [0.25, 0.3) is 17.1 Å². The monoisotopic (exact) mass is 556 g/mol. The van der Waals surface area contributed by atoms with Crippen molar-refractivity contribution in [1.82, 2.24) is 29.1 Å². The van der Waals surface area contributed by atoms with Gasteiger partial charge in [0.15, 0.2) is 17.8 Å². The summed E-state index contributed by atoms with van der Waals surface area (Å²) in [6.07, 6.45) is -8.32. The number of halogens is 5. The van der Waals surface area contributed by atoms with Crippen LogP contribution in [0, 0.1) is 0 Å². The molecule has 0 amide bonds. The average molecular weight is 557 g/mol. The van der Waals surface area contributed by atoms with Crippen molar-refractivity contribution in [3.8, 4) is 17.1 Å². The molecule has 4 aromatic rings. The summed E-state index contributed by atoms with van der Waals surface area (Å²) < 4.78 is 41.9. The van der Waals surface area contributed by atoms with Crippen LogP contribution in [0.2, 0.25) is 10.0 Å². The summed E-state index contributed by atoms with van der Waals surface area (Å²) in [6.45, 7) is -1.51. The number of hydrogen-bond donors (Lipinski definition) is 2. The highest BCUT2D eigenvalue weighted by Crippen LogP contribution is 2.24. The molecule has 0 aliphatic carbocycles. The van der Waals surface area contributed by atoms with Gasteiger partial charge in [0.1, 0.15) is 18.8 Å². The van der Waals surface area contributed by atoms with Crippen molar-refractivity contribution >= 4 is 29.2 Å². The van der Waals surface area contributed by atoms with Gasteiger partial charge in [0, 0.05) is 10.6 Å². The topological polar surface area (TPSA) is 128 Å². The van der Waals surface area contributed by atoms with Gasteiger partial charge in [0.25, 0.3) is 0 Å². The number of para-hydroxylation sites is 1. The third-order valence-electron chi connectivity index (χ3n) is 5.16. The largest absolute Gasteiger partial charge is 0.481 e. The van der Waals surface area contributed by atoms with Crippen molar-refractivity contribution in [2.24, 2.45) is 0 Å². The Labute approximate surface area is 216 Å². The molecular weight excluding hydrogens is 540 g/mol. The zero-order valence-electron chi connectivity index (χ0n) is 18.6. The Morgan fingerprint density at radius 1 is 1.05 bits per heavy atom. The molecule has 0 radical (unpaired) electrons. The molecule has 0 saturated carbocycles. The molecule has 0 fully saturated rings. The van der Waals surface area contributed by atoms with Crippen LogP contribution in [0.4, 0.5) is 13.2 Å². The number of rotatable bonds is 8. The Morgan fingerprint density at radius 2 is 1.73 bits per heavy atom. The first-order valence-corrected chi connectivity index (χ1v) is 11.3. The third-order valence-corrected chi connectivity index (χ3v) is 5.73. The molecule has 37 heavy (non-hydrogen) atoms. The van der Waals surface area contributed by atoms with E-state index in [1.807, 2.05) is 0 Å². The van der Waals surface area contributed by atoms with E-state index < -0.39 is 43.4 Å². The number of alkyl halides is 3. The van der Waals surface area contributed by atoms with Gasteiger partial charge in [-0.15, -0.1) is 10.2 Å². The smallest absolute Gasteiger partial charge is 0.416 e. The number of nitrogens with zero attached hydrogens (tertiary/aromatic N) is 6. The number of aliphatic carboxylic acids is 1. The highest BCUT2D eigenvalue weighted by atomic mass is 35.5. The van der Waals surface area contributed by atoms with Crippen LogP contribution in [0.5, 0.6) is 0 Å².